The molecule has 1 saturated heterocycles. The molecule has 3 nitrogen and oxygen atoms in total. The van der Waals surface area contributed by atoms with Gasteiger partial charge in [-0.3, -0.25) is 0 Å². The van der Waals surface area contributed by atoms with Gasteiger partial charge in [0.2, 0.25) is 0 Å². The maximum Gasteiger partial charge on any atom is 0.101 e. The molecule has 3 heteroatoms. The van der Waals surface area contributed by atoms with E-state index in [9.17, 15) is 0 Å². The summed E-state index contributed by atoms with van der Waals surface area (Å²) in [5, 5.41) is 8.78. The van der Waals surface area contributed by atoms with Crippen molar-refractivity contribution >= 4 is 0 Å². The van der Waals surface area contributed by atoms with Gasteiger partial charge in [0.05, 0.1) is 6.07 Å². The number of rotatable bonds is 4. The van der Waals surface area contributed by atoms with Crippen LogP contribution in [-0.4, -0.2) is 30.1 Å². The molecule has 2 N–H and O–H groups in total. The second-order valence-corrected chi connectivity index (χ2v) is 5.35. The van der Waals surface area contributed by atoms with E-state index >= 15 is 0 Å². The lowest BCUT2D eigenvalue weighted by Gasteiger charge is -2.19. The summed E-state index contributed by atoms with van der Waals surface area (Å²) in [4.78, 5) is 2.49. The van der Waals surface area contributed by atoms with Gasteiger partial charge in [0, 0.05) is 13.1 Å². The highest BCUT2D eigenvalue weighted by molar-refractivity contribution is 5.00. The van der Waals surface area contributed by atoms with Crippen LogP contribution in [0.4, 0.5) is 0 Å². The standard InChI is InChI=1S/C12H23N3/c1-10-7-15(8-11(10)2)6-4-5-12(3,14)9-13/h10-11H,4-8,14H2,1-3H3. The van der Waals surface area contributed by atoms with E-state index in [4.69, 9.17) is 11.0 Å². The SMILES string of the molecule is CC1CN(CCCC(C)(N)C#N)CC1C. The molecule has 1 heterocycles. The van der Waals surface area contributed by atoms with Crippen LogP contribution in [0.5, 0.6) is 0 Å². The summed E-state index contributed by atoms with van der Waals surface area (Å²) in [6.45, 7) is 9.93. The Morgan fingerprint density at radius 2 is 1.93 bits per heavy atom. The van der Waals surface area contributed by atoms with E-state index in [1.165, 1.54) is 13.1 Å². The van der Waals surface area contributed by atoms with Crippen molar-refractivity contribution in [2.75, 3.05) is 19.6 Å². The number of nitrogens with two attached hydrogens (primary N) is 1. The van der Waals surface area contributed by atoms with Crippen LogP contribution < -0.4 is 5.73 Å². The largest absolute Gasteiger partial charge is 0.314 e. The molecule has 0 aromatic carbocycles. The molecule has 0 saturated carbocycles. The number of hydrogen-bond donors (Lipinski definition) is 1. The molecular weight excluding hydrogens is 186 g/mol. The third kappa shape index (κ3) is 3.81. The van der Waals surface area contributed by atoms with Crippen LogP contribution in [-0.2, 0) is 0 Å². The zero-order valence-electron chi connectivity index (χ0n) is 10.2. The van der Waals surface area contributed by atoms with Crippen molar-refractivity contribution in [2.24, 2.45) is 17.6 Å². The summed E-state index contributed by atoms with van der Waals surface area (Å²) in [6, 6.07) is 2.14. The van der Waals surface area contributed by atoms with Crippen molar-refractivity contribution in [1.29, 1.82) is 5.26 Å². The van der Waals surface area contributed by atoms with E-state index in [1.54, 1.807) is 0 Å². The van der Waals surface area contributed by atoms with Crippen molar-refractivity contribution in [3.63, 3.8) is 0 Å². The Bertz CT molecular complexity index is 232. The van der Waals surface area contributed by atoms with E-state index in [-0.39, 0.29) is 0 Å². The highest BCUT2D eigenvalue weighted by Gasteiger charge is 2.26. The fourth-order valence-corrected chi connectivity index (χ4v) is 2.16. The average Bonchev–Trinajstić information content (AvgIpc) is 2.46. The van der Waals surface area contributed by atoms with Crippen LogP contribution >= 0.6 is 0 Å². The number of nitriles is 1. The van der Waals surface area contributed by atoms with Crippen molar-refractivity contribution in [3.05, 3.63) is 0 Å². The molecule has 1 aliphatic rings. The average molecular weight is 209 g/mol. The molecular formula is C12H23N3. The van der Waals surface area contributed by atoms with Crippen molar-refractivity contribution in [3.8, 4) is 6.07 Å². The van der Waals surface area contributed by atoms with Crippen LogP contribution in [0, 0.1) is 23.2 Å². The predicted molar refractivity (Wildman–Crippen MR) is 62.2 cm³/mol. The van der Waals surface area contributed by atoms with Gasteiger partial charge < -0.3 is 10.6 Å². The van der Waals surface area contributed by atoms with Crippen LogP contribution in [0.15, 0.2) is 0 Å². The van der Waals surface area contributed by atoms with Crippen molar-refractivity contribution < 1.29 is 0 Å². The van der Waals surface area contributed by atoms with Gasteiger partial charge in [-0.05, 0) is 38.1 Å². The lowest BCUT2D eigenvalue weighted by molar-refractivity contribution is 0.306. The van der Waals surface area contributed by atoms with Gasteiger partial charge in [0.1, 0.15) is 5.54 Å². The van der Waals surface area contributed by atoms with Gasteiger partial charge in [0.25, 0.3) is 0 Å². The van der Waals surface area contributed by atoms with Crippen LogP contribution in [0.2, 0.25) is 0 Å². The first kappa shape index (κ1) is 12.5. The Morgan fingerprint density at radius 3 is 2.40 bits per heavy atom. The molecule has 1 aliphatic heterocycles. The smallest absolute Gasteiger partial charge is 0.101 e. The highest BCUT2D eigenvalue weighted by atomic mass is 15.1. The fourth-order valence-electron chi connectivity index (χ4n) is 2.16. The van der Waals surface area contributed by atoms with Gasteiger partial charge in [-0.1, -0.05) is 13.8 Å². The molecule has 86 valence electrons. The highest BCUT2D eigenvalue weighted by Crippen LogP contribution is 2.22. The number of hydrogen-bond acceptors (Lipinski definition) is 3. The Hall–Kier alpha value is -0.590. The van der Waals surface area contributed by atoms with Crippen LogP contribution in [0.1, 0.15) is 33.6 Å². The van der Waals surface area contributed by atoms with Gasteiger partial charge in [0.15, 0.2) is 0 Å². The van der Waals surface area contributed by atoms with E-state index in [2.05, 4.69) is 24.8 Å². The first-order valence-electron chi connectivity index (χ1n) is 5.87. The molecule has 1 fully saturated rings. The fraction of sp³-hybridized carbons (Fsp3) is 0.917. The summed E-state index contributed by atoms with van der Waals surface area (Å²) in [5.41, 5.74) is 5.13. The minimum atomic E-state index is -0.642. The van der Waals surface area contributed by atoms with E-state index in [0.717, 1.165) is 31.2 Å². The Morgan fingerprint density at radius 1 is 1.40 bits per heavy atom. The molecule has 3 atom stereocenters. The maximum atomic E-state index is 8.78. The normalized spacial score (nSPS) is 31.1. The molecule has 0 bridgehead atoms. The zero-order valence-corrected chi connectivity index (χ0v) is 10.2. The number of likely N-dealkylation sites (tertiary alicyclic amines) is 1. The summed E-state index contributed by atoms with van der Waals surface area (Å²) < 4.78 is 0. The first-order chi connectivity index (χ1) is 6.94. The minimum absolute atomic E-state index is 0.642. The predicted octanol–water partition coefficient (Wildman–Crippen LogP) is 1.60. The Labute approximate surface area is 93.2 Å². The van der Waals surface area contributed by atoms with Gasteiger partial charge in [-0.25, -0.2) is 0 Å². The summed E-state index contributed by atoms with van der Waals surface area (Å²) in [5.74, 6) is 1.62. The third-order valence-corrected chi connectivity index (χ3v) is 3.49. The summed E-state index contributed by atoms with van der Waals surface area (Å²) in [6.07, 6.45) is 1.82. The zero-order chi connectivity index (χ0) is 11.5. The Kier molecular flexibility index (Phi) is 4.12. The number of nitrogens with zero attached hydrogens (tertiary/aromatic N) is 2. The molecule has 3 unspecified atom stereocenters. The molecule has 0 aliphatic carbocycles. The van der Waals surface area contributed by atoms with Gasteiger partial charge in [-0.15, -0.1) is 0 Å². The summed E-state index contributed by atoms with van der Waals surface area (Å²) in [7, 11) is 0. The topological polar surface area (TPSA) is 53.0 Å². The van der Waals surface area contributed by atoms with Gasteiger partial charge in [-0.2, -0.15) is 5.26 Å². The quantitative estimate of drug-likeness (QED) is 0.765. The molecule has 0 spiro atoms. The van der Waals surface area contributed by atoms with Crippen molar-refractivity contribution in [2.45, 2.75) is 39.2 Å². The lowest BCUT2D eigenvalue weighted by Crippen LogP contribution is -2.35. The molecule has 15 heavy (non-hydrogen) atoms. The van der Waals surface area contributed by atoms with E-state index < -0.39 is 5.54 Å². The molecule has 0 aromatic heterocycles. The Balaban J connectivity index is 2.20. The first-order valence-corrected chi connectivity index (χ1v) is 5.87. The monoisotopic (exact) mass is 209 g/mol. The summed E-state index contributed by atoms with van der Waals surface area (Å²) >= 11 is 0. The molecule has 0 radical (unpaired) electrons. The molecule has 0 aromatic rings. The lowest BCUT2D eigenvalue weighted by atomic mass is 9.99. The van der Waals surface area contributed by atoms with E-state index in [0.29, 0.717) is 0 Å². The molecule has 1 rings (SSSR count). The van der Waals surface area contributed by atoms with Crippen LogP contribution in [0.25, 0.3) is 0 Å². The third-order valence-electron chi connectivity index (χ3n) is 3.49. The maximum absolute atomic E-state index is 8.78. The van der Waals surface area contributed by atoms with E-state index in [1.807, 2.05) is 6.92 Å². The van der Waals surface area contributed by atoms with Crippen molar-refractivity contribution in [1.82, 2.24) is 4.90 Å². The second-order valence-electron chi connectivity index (χ2n) is 5.35. The minimum Gasteiger partial charge on any atom is -0.314 e. The van der Waals surface area contributed by atoms with Crippen LogP contribution in [0.3, 0.4) is 0 Å². The van der Waals surface area contributed by atoms with Gasteiger partial charge >= 0.3 is 0 Å². The molecule has 0 amide bonds. The second kappa shape index (κ2) is 4.96.